The van der Waals surface area contributed by atoms with E-state index in [1.54, 1.807) is 32.9 Å². The summed E-state index contributed by atoms with van der Waals surface area (Å²) < 4.78 is 15.7. The van der Waals surface area contributed by atoms with Gasteiger partial charge in [0.1, 0.15) is 0 Å². The second kappa shape index (κ2) is 6.70. The SMILES string of the molecule is COC(OC)c1ccc(SCc2nnc(C)o2)cc1. The molecule has 0 radical (unpaired) electrons. The van der Waals surface area contributed by atoms with Crippen molar-refractivity contribution in [3.8, 4) is 0 Å². The summed E-state index contributed by atoms with van der Waals surface area (Å²) >= 11 is 1.64. The second-order valence-corrected chi connectivity index (χ2v) is 4.92. The van der Waals surface area contributed by atoms with Crippen LogP contribution in [0.15, 0.2) is 33.6 Å². The number of hydrogen-bond acceptors (Lipinski definition) is 6. The van der Waals surface area contributed by atoms with Crippen molar-refractivity contribution in [1.82, 2.24) is 10.2 Å². The molecule has 5 nitrogen and oxygen atoms in total. The third kappa shape index (κ3) is 3.79. The zero-order chi connectivity index (χ0) is 13.7. The van der Waals surface area contributed by atoms with Crippen molar-refractivity contribution in [3.05, 3.63) is 41.6 Å². The molecular weight excluding hydrogens is 264 g/mol. The molecule has 0 aliphatic rings. The van der Waals surface area contributed by atoms with Crippen LogP contribution in [-0.2, 0) is 15.2 Å². The highest BCUT2D eigenvalue weighted by molar-refractivity contribution is 7.98. The zero-order valence-corrected chi connectivity index (χ0v) is 11.9. The average molecular weight is 280 g/mol. The number of thioether (sulfide) groups is 1. The van der Waals surface area contributed by atoms with Crippen molar-refractivity contribution in [1.29, 1.82) is 0 Å². The van der Waals surface area contributed by atoms with Gasteiger partial charge in [-0.3, -0.25) is 0 Å². The van der Waals surface area contributed by atoms with Crippen LogP contribution in [-0.4, -0.2) is 24.4 Å². The lowest BCUT2D eigenvalue weighted by Crippen LogP contribution is -2.02. The van der Waals surface area contributed by atoms with Gasteiger partial charge in [-0.1, -0.05) is 12.1 Å². The molecule has 0 unspecified atom stereocenters. The Bertz CT molecular complexity index is 509. The lowest BCUT2D eigenvalue weighted by atomic mass is 10.2. The molecule has 0 saturated heterocycles. The van der Waals surface area contributed by atoms with Gasteiger partial charge in [-0.25, -0.2) is 0 Å². The van der Waals surface area contributed by atoms with Gasteiger partial charge in [0.25, 0.3) is 0 Å². The molecule has 0 atom stereocenters. The van der Waals surface area contributed by atoms with E-state index in [9.17, 15) is 0 Å². The Balaban J connectivity index is 1.95. The number of hydrogen-bond donors (Lipinski definition) is 0. The third-order valence-corrected chi connectivity index (χ3v) is 3.51. The van der Waals surface area contributed by atoms with Gasteiger partial charge in [0.15, 0.2) is 6.29 Å². The summed E-state index contributed by atoms with van der Waals surface area (Å²) in [5, 5.41) is 7.75. The normalized spacial score (nSPS) is 11.2. The van der Waals surface area contributed by atoms with E-state index in [2.05, 4.69) is 10.2 Å². The molecule has 0 fully saturated rings. The molecule has 2 aromatic rings. The van der Waals surface area contributed by atoms with E-state index in [1.807, 2.05) is 24.3 Å². The Morgan fingerprint density at radius 2 is 1.84 bits per heavy atom. The van der Waals surface area contributed by atoms with Gasteiger partial charge < -0.3 is 13.9 Å². The van der Waals surface area contributed by atoms with Crippen LogP contribution in [0.4, 0.5) is 0 Å². The second-order valence-electron chi connectivity index (χ2n) is 3.88. The number of benzene rings is 1. The van der Waals surface area contributed by atoms with Gasteiger partial charge in [0.05, 0.1) is 5.75 Å². The summed E-state index contributed by atoms with van der Waals surface area (Å²) in [5.74, 6) is 1.89. The standard InChI is InChI=1S/C13H16N2O3S/c1-9-14-15-12(18-9)8-19-11-6-4-10(5-7-11)13(16-2)17-3/h4-7,13H,8H2,1-3H3. The highest BCUT2D eigenvalue weighted by atomic mass is 32.2. The van der Waals surface area contributed by atoms with E-state index in [1.165, 1.54) is 0 Å². The van der Waals surface area contributed by atoms with Crippen LogP contribution in [0.5, 0.6) is 0 Å². The molecule has 0 bridgehead atoms. The third-order valence-electron chi connectivity index (χ3n) is 2.51. The van der Waals surface area contributed by atoms with E-state index in [0.717, 1.165) is 10.5 Å². The molecule has 1 heterocycles. The summed E-state index contributed by atoms with van der Waals surface area (Å²) in [6, 6.07) is 8.01. The van der Waals surface area contributed by atoms with Crippen LogP contribution in [0, 0.1) is 6.92 Å². The minimum absolute atomic E-state index is 0.322. The Morgan fingerprint density at radius 1 is 1.16 bits per heavy atom. The van der Waals surface area contributed by atoms with Gasteiger partial charge in [-0.15, -0.1) is 22.0 Å². The summed E-state index contributed by atoms with van der Waals surface area (Å²) in [7, 11) is 3.24. The van der Waals surface area contributed by atoms with Gasteiger partial charge in [0, 0.05) is 31.6 Å². The lowest BCUT2D eigenvalue weighted by Gasteiger charge is -2.13. The summed E-state index contributed by atoms with van der Waals surface area (Å²) in [4.78, 5) is 1.13. The molecule has 0 aliphatic heterocycles. The summed E-state index contributed by atoms with van der Waals surface area (Å²) in [6.07, 6.45) is -0.322. The smallest absolute Gasteiger partial charge is 0.226 e. The molecule has 1 aromatic heterocycles. The van der Waals surface area contributed by atoms with Crippen molar-refractivity contribution in [2.24, 2.45) is 0 Å². The molecule has 2 rings (SSSR count). The zero-order valence-electron chi connectivity index (χ0n) is 11.1. The quantitative estimate of drug-likeness (QED) is 0.599. The monoisotopic (exact) mass is 280 g/mol. The number of ether oxygens (including phenoxy) is 2. The van der Waals surface area contributed by atoms with Crippen LogP contribution < -0.4 is 0 Å². The molecule has 6 heteroatoms. The van der Waals surface area contributed by atoms with Crippen LogP contribution in [0.2, 0.25) is 0 Å². The molecule has 0 aliphatic carbocycles. The van der Waals surface area contributed by atoms with Gasteiger partial charge in [-0.2, -0.15) is 0 Å². The van der Waals surface area contributed by atoms with E-state index in [0.29, 0.717) is 17.5 Å². The molecular formula is C13H16N2O3S. The van der Waals surface area contributed by atoms with Gasteiger partial charge in [0.2, 0.25) is 11.8 Å². The number of aryl methyl sites for hydroxylation is 1. The number of rotatable bonds is 6. The van der Waals surface area contributed by atoms with Crippen molar-refractivity contribution in [2.75, 3.05) is 14.2 Å². The predicted molar refractivity (Wildman–Crippen MR) is 71.8 cm³/mol. The first-order valence-electron chi connectivity index (χ1n) is 5.80. The Hall–Kier alpha value is -1.37. The average Bonchev–Trinajstić information content (AvgIpc) is 2.85. The largest absolute Gasteiger partial charge is 0.425 e. The van der Waals surface area contributed by atoms with Crippen molar-refractivity contribution < 1.29 is 13.9 Å². The molecule has 0 saturated carbocycles. The summed E-state index contributed by atoms with van der Waals surface area (Å²) in [6.45, 7) is 1.78. The molecule has 102 valence electrons. The number of nitrogens with zero attached hydrogens (tertiary/aromatic N) is 2. The fourth-order valence-corrected chi connectivity index (χ4v) is 2.37. The molecule has 0 N–H and O–H groups in total. The van der Waals surface area contributed by atoms with E-state index in [-0.39, 0.29) is 6.29 Å². The number of methoxy groups -OCH3 is 2. The highest BCUT2D eigenvalue weighted by Gasteiger charge is 2.09. The van der Waals surface area contributed by atoms with Crippen LogP contribution in [0.25, 0.3) is 0 Å². The maximum atomic E-state index is 5.32. The fraction of sp³-hybridized carbons (Fsp3) is 0.385. The number of aromatic nitrogens is 2. The Kier molecular flexibility index (Phi) is 4.95. The van der Waals surface area contributed by atoms with Crippen LogP contribution in [0.1, 0.15) is 23.6 Å². The van der Waals surface area contributed by atoms with Crippen LogP contribution >= 0.6 is 11.8 Å². The molecule has 0 amide bonds. The van der Waals surface area contributed by atoms with Crippen molar-refractivity contribution in [2.45, 2.75) is 23.9 Å². The topological polar surface area (TPSA) is 57.4 Å². The predicted octanol–water partition coefficient (Wildman–Crippen LogP) is 2.96. The lowest BCUT2D eigenvalue weighted by molar-refractivity contribution is -0.106. The fourth-order valence-electron chi connectivity index (χ4n) is 1.63. The molecule has 1 aromatic carbocycles. The van der Waals surface area contributed by atoms with Crippen molar-refractivity contribution >= 4 is 11.8 Å². The highest BCUT2D eigenvalue weighted by Crippen LogP contribution is 2.25. The van der Waals surface area contributed by atoms with E-state index in [4.69, 9.17) is 13.9 Å². The Morgan fingerprint density at radius 3 is 2.37 bits per heavy atom. The Labute approximate surface area is 116 Å². The molecule has 19 heavy (non-hydrogen) atoms. The minimum atomic E-state index is -0.322. The van der Waals surface area contributed by atoms with Gasteiger partial charge in [-0.05, 0) is 12.1 Å². The first-order chi connectivity index (χ1) is 9.22. The maximum Gasteiger partial charge on any atom is 0.226 e. The van der Waals surface area contributed by atoms with Gasteiger partial charge >= 0.3 is 0 Å². The first-order valence-corrected chi connectivity index (χ1v) is 6.79. The van der Waals surface area contributed by atoms with E-state index < -0.39 is 0 Å². The first kappa shape index (κ1) is 14.0. The maximum absolute atomic E-state index is 5.32. The van der Waals surface area contributed by atoms with E-state index >= 15 is 0 Å². The minimum Gasteiger partial charge on any atom is -0.425 e. The summed E-state index contributed by atoms with van der Waals surface area (Å²) in [5.41, 5.74) is 0.989. The molecule has 0 spiro atoms. The van der Waals surface area contributed by atoms with Crippen LogP contribution in [0.3, 0.4) is 0 Å². The van der Waals surface area contributed by atoms with Crippen molar-refractivity contribution in [3.63, 3.8) is 0 Å².